The molecule has 0 radical (unpaired) electrons. The fraction of sp³-hybridized carbons (Fsp3) is 0.188. The first-order valence-corrected chi connectivity index (χ1v) is 7.26. The minimum absolute atomic E-state index is 0.214. The number of nitrogens with one attached hydrogen (secondary N) is 3. The molecule has 1 unspecified atom stereocenters. The Labute approximate surface area is 132 Å². The molecule has 0 bridgehead atoms. The Morgan fingerprint density at radius 1 is 1.13 bits per heavy atom. The van der Waals surface area contributed by atoms with Crippen LogP contribution in [0, 0.1) is 0 Å². The number of nitrogens with zero attached hydrogens (tertiary/aromatic N) is 1. The van der Waals surface area contributed by atoms with Crippen LogP contribution in [0.1, 0.15) is 16.8 Å². The van der Waals surface area contributed by atoms with E-state index in [2.05, 4.69) is 16.0 Å². The van der Waals surface area contributed by atoms with Crippen LogP contribution in [0.4, 0.5) is 4.79 Å². The summed E-state index contributed by atoms with van der Waals surface area (Å²) in [5.41, 5.74) is 1.51. The normalized spacial score (nSPS) is 16.8. The maximum Gasteiger partial charge on any atom is 0.322 e. The van der Waals surface area contributed by atoms with Crippen molar-refractivity contribution in [2.24, 2.45) is 0 Å². The summed E-state index contributed by atoms with van der Waals surface area (Å²) in [5.74, 6) is -0.575. The van der Waals surface area contributed by atoms with Gasteiger partial charge in [-0.3, -0.25) is 14.9 Å². The summed E-state index contributed by atoms with van der Waals surface area (Å²) in [6.07, 6.45) is 4.21. The van der Waals surface area contributed by atoms with Crippen molar-refractivity contribution in [3.8, 4) is 5.69 Å². The number of amides is 4. The summed E-state index contributed by atoms with van der Waals surface area (Å²) in [7, 11) is 0. The smallest absolute Gasteiger partial charge is 0.322 e. The van der Waals surface area contributed by atoms with Gasteiger partial charge in [-0.1, -0.05) is 0 Å². The van der Waals surface area contributed by atoms with Crippen molar-refractivity contribution < 1.29 is 14.4 Å². The molecule has 4 amide bonds. The molecule has 1 aliphatic rings. The number of hydrogen-bond donors (Lipinski definition) is 3. The first-order chi connectivity index (χ1) is 11.1. The summed E-state index contributed by atoms with van der Waals surface area (Å²) < 4.78 is 1.95. The molecule has 3 rings (SSSR count). The van der Waals surface area contributed by atoms with Gasteiger partial charge in [-0.15, -0.1) is 0 Å². The van der Waals surface area contributed by atoms with E-state index in [0.717, 1.165) is 5.69 Å². The quantitative estimate of drug-likeness (QED) is 0.713. The highest BCUT2D eigenvalue weighted by Crippen LogP contribution is 2.10. The standard InChI is InChI=1S/C16H16N4O3/c21-14(17-8-7-13-15(22)19-16(23)18-13)11-3-5-12(6-4-11)20-9-1-2-10-20/h1-6,9-10,13H,7-8H2,(H,17,21)(H2,18,19,22,23). The van der Waals surface area contributed by atoms with Crippen LogP contribution in [0.2, 0.25) is 0 Å². The Morgan fingerprint density at radius 3 is 2.43 bits per heavy atom. The van der Waals surface area contributed by atoms with Crippen molar-refractivity contribution in [3.05, 3.63) is 54.4 Å². The molecule has 118 valence electrons. The second-order valence-electron chi connectivity index (χ2n) is 5.20. The Hall–Kier alpha value is -3.09. The monoisotopic (exact) mass is 312 g/mol. The van der Waals surface area contributed by atoms with E-state index in [0.29, 0.717) is 18.5 Å². The van der Waals surface area contributed by atoms with Crippen molar-refractivity contribution in [2.45, 2.75) is 12.5 Å². The van der Waals surface area contributed by atoms with Crippen LogP contribution in [0.25, 0.3) is 5.69 Å². The number of carbonyl (C=O) groups excluding carboxylic acids is 3. The molecule has 2 heterocycles. The highest BCUT2D eigenvalue weighted by molar-refractivity contribution is 6.04. The van der Waals surface area contributed by atoms with Gasteiger partial charge in [0.25, 0.3) is 11.8 Å². The van der Waals surface area contributed by atoms with Gasteiger partial charge in [0, 0.05) is 30.2 Å². The van der Waals surface area contributed by atoms with Gasteiger partial charge in [0.2, 0.25) is 0 Å². The SMILES string of the molecule is O=C1NC(=O)C(CCNC(=O)c2ccc(-n3cccc3)cc2)N1. The van der Waals surface area contributed by atoms with E-state index < -0.39 is 12.1 Å². The van der Waals surface area contributed by atoms with Crippen molar-refractivity contribution >= 4 is 17.8 Å². The molecule has 0 saturated carbocycles. The van der Waals surface area contributed by atoms with Gasteiger partial charge < -0.3 is 15.2 Å². The molecule has 0 spiro atoms. The number of aromatic nitrogens is 1. The molecular formula is C16H16N4O3. The summed E-state index contributed by atoms with van der Waals surface area (Å²) >= 11 is 0. The fourth-order valence-electron chi connectivity index (χ4n) is 2.39. The molecule has 2 aromatic rings. The molecule has 7 heteroatoms. The zero-order valence-corrected chi connectivity index (χ0v) is 12.3. The summed E-state index contributed by atoms with van der Waals surface area (Å²) in [6, 6.07) is 9.99. The number of hydrogen-bond acceptors (Lipinski definition) is 3. The predicted molar refractivity (Wildman–Crippen MR) is 83.2 cm³/mol. The first kappa shape index (κ1) is 14.8. The Morgan fingerprint density at radius 2 is 1.83 bits per heavy atom. The van der Waals surface area contributed by atoms with Crippen LogP contribution >= 0.6 is 0 Å². The molecule has 1 saturated heterocycles. The molecule has 1 fully saturated rings. The minimum Gasteiger partial charge on any atom is -0.352 e. The van der Waals surface area contributed by atoms with Gasteiger partial charge in [0.15, 0.2) is 0 Å². The van der Waals surface area contributed by atoms with E-state index in [4.69, 9.17) is 0 Å². The average molecular weight is 312 g/mol. The lowest BCUT2D eigenvalue weighted by molar-refractivity contribution is -0.120. The molecule has 23 heavy (non-hydrogen) atoms. The summed E-state index contributed by atoms with van der Waals surface area (Å²) in [5, 5.41) is 7.38. The lowest BCUT2D eigenvalue weighted by Gasteiger charge is -2.09. The lowest BCUT2D eigenvalue weighted by atomic mass is 10.1. The zero-order valence-electron chi connectivity index (χ0n) is 12.3. The maximum atomic E-state index is 12.1. The highest BCUT2D eigenvalue weighted by Gasteiger charge is 2.28. The zero-order chi connectivity index (χ0) is 16.2. The van der Waals surface area contributed by atoms with E-state index >= 15 is 0 Å². The summed E-state index contributed by atoms with van der Waals surface area (Å²) in [4.78, 5) is 34.4. The largest absolute Gasteiger partial charge is 0.352 e. The van der Waals surface area contributed by atoms with Crippen LogP contribution in [0.15, 0.2) is 48.8 Å². The minimum atomic E-state index is -0.584. The van der Waals surface area contributed by atoms with E-state index in [1.165, 1.54) is 0 Å². The van der Waals surface area contributed by atoms with Gasteiger partial charge in [-0.05, 0) is 42.8 Å². The second-order valence-corrected chi connectivity index (χ2v) is 5.20. The molecule has 1 atom stereocenters. The molecule has 1 aromatic carbocycles. The third kappa shape index (κ3) is 3.39. The summed E-state index contributed by atoms with van der Waals surface area (Å²) in [6.45, 7) is 0.302. The molecule has 1 aliphatic heterocycles. The van der Waals surface area contributed by atoms with Crippen LogP contribution in [0.5, 0.6) is 0 Å². The Bertz CT molecular complexity index is 722. The van der Waals surface area contributed by atoms with E-state index in [1.54, 1.807) is 12.1 Å². The van der Waals surface area contributed by atoms with E-state index in [-0.39, 0.29) is 11.8 Å². The van der Waals surface area contributed by atoms with Crippen LogP contribution in [0.3, 0.4) is 0 Å². The van der Waals surface area contributed by atoms with Crippen LogP contribution in [-0.4, -0.2) is 35.0 Å². The fourth-order valence-corrected chi connectivity index (χ4v) is 2.39. The predicted octanol–water partition coefficient (Wildman–Crippen LogP) is 0.805. The molecular weight excluding hydrogens is 296 g/mol. The lowest BCUT2D eigenvalue weighted by Crippen LogP contribution is -2.34. The molecule has 7 nitrogen and oxygen atoms in total. The number of rotatable bonds is 5. The van der Waals surface area contributed by atoms with Crippen LogP contribution in [-0.2, 0) is 4.79 Å². The van der Waals surface area contributed by atoms with Gasteiger partial charge in [0.05, 0.1) is 0 Å². The van der Waals surface area contributed by atoms with Gasteiger partial charge in [0.1, 0.15) is 6.04 Å². The van der Waals surface area contributed by atoms with Gasteiger partial charge >= 0.3 is 6.03 Å². The molecule has 1 aromatic heterocycles. The highest BCUT2D eigenvalue weighted by atomic mass is 16.2. The van der Waals surface area contributed by atoms with Crippen molar-refractivity contribution in [1.82, 2.24) is 20.5 Å². The number of benzene rings is 1. The first-order valence-electron chi connectivity index (χ1n) is 7.26. The van der Waals surface area contributed by atoms with Crippen molar-refractivity contribution in [3.63, 3.8) is 0 Å². The number of imide groups is 1. The van der Waals surface area contributed by atoms with Gasteiger partial charge in [-0.25, -0.2) is 4.79 Å². The van der Waals surface area contributed by atoms with Crippen molar-refractivity contribution in [2.75, 3.05) is 6.54 Å². The topological polar surface area (TPSA) is 92.2 Å². The second kappa shape index (κ2) is 6.35. The van der Waals surface area contributed by atoms with Gasteiger partial charge in [-0.2, -0.15) is 0 Å². The van der Waals surface area contributed by atoms with Crippen LogP contribution < -0.4 is 16.0 Å². The Balaban J connectivity index is 1.52. The average Bonchev–Trinajstić information content (AvgIpc) is 3.18. The number of urea groups is 1. The molecule has 0 aliphatic carbocycles. The third-order valence-corrected chi connectivity index (χ3v) is 3.61. The molecule has 3 N–H and O–H groups in total. The van der Waals surface area contributed by atoms with E-state index in [1.807, 2.05) is 41.2 Å². The maximum absolute atomic E-state index is 12.1. The third-order valence-electron chi connectivity index (χ3n) is 3.61. The van der Waals surface area contributed by atoms with E-state index in [9.17, 15) is 14.4 Å². The Kier molecular flexibility index (Phi) is 4.09. The number of carbonyl (C=O) groups is 3. The van der Waals surface area contributed by atoms with Crippen molar-refractivity contribution in [1.29, 1.82) is 0 Å².